The molecule has 3 heterocycles. The summed E-state index contributed by atoms with van der Waals surface area (Å²) in [7, 11) is 0. The fraction of sp³-hybridized carbons (Fsp3) is 0.0435. The summed E-state index contributed by atoms with van der Waals surface area (Å²) in [6.45, 7) is 6.08. The maximum Gasteiger partial charge on any atom is 2.00 e. The van der Waals surface area contributed by atoms with Crippen molar-refractivity contribution < 1.29 is 21.1 Å². The van der Waals surface area contributed by atoms with Crippen molar-refractivity contribution in [2.45, 2.75) is 6.92 Å². The minimum absolute atomic E-state index is 0. The summed E-state index contributed by atoms with van der Waals surface area (Å²) in [5.74, 6) is 1.60. The van der Waals surface area contributed by atoms with E-state index in [0.717, 1.165) is 34.3 Å². The van der Waals surface area contributed by atoms with Crippen LogP contribution in [0.3, 0.4) is 0 Å². The van der Waals surface area contributed by atoms with E-state index in [4.69, 9.17) is 4.98 Å². The molecular weight excluding hydrogens is 527 g/mol. The first-order valence-electron chi connectivity index (χ1n) is 8.64. The van der Waals surface area contributed by atoms with Gasteiger partial charge in [-0.25, -0.2) is 0 Å². The molecule has 0 aliphatic carbocycles. The van der Waals surface area contributed by atoms with Gasteiger partial charge in [0.2, 0.25) is 0 Å². The Hall–Kier alpha value is -2.97. The fourth-order valence-electron chi connectivity index (χ4n) is 2.87. The smallest absolute Gasteiger partial charge is 0.434 e. The number of pyridine rings is 2. The van der Waals surface area contributed by atoms with Crippen LogP contribution in [0.15, 0.2) is 91.4 Å². The van der Waals surface area contributed by atoms with Crippen LogP contribution in [0.25, 0.3) is 17.1 Å². The zero-order valence-electron chi connectivity index (χ0n) is 15.3. The summed E-state index contributed by atoms with van der Waals surface area (Å²) in [5.41, 5.74) is 3.53. The summed E-state index contributed by atoms with van der Waals surface area (Å²) in [6, 6.07) is 24.7. The van der Waals surface area contributed by atoms with Crippen molar-refractivity contribution in [3.8, 4) is 17.1 Å². The molecular formula is C23H18N4Pt. The van der Waals surface area contributed by atoms with E-state index >= 15 is 0 Å². The normalized spacial score (nSPS) is 10.2. The second kappa shape index (κ2) is 8.81. The molecule has 5 heteroatoms. The van der Waals surface area contributed by atoms with Gasteiger partial charge in [-0.2, -0.15) is 0 Å². The third kappa shape index (κ3) is 4.13. The van der Waals surface area contributed by atoms with Crippen LogP contribution in [0.1, 0.15) is 6.92 Å². The van der Waals surface area contributed by atoms with Crippen LogP contribution in [-0.4, -0.2) is 14.5 Å². The number of hydrogen-bond donors (Lipinski definition) is 0. The maximum absolute atomic E-state index is 4.81. The van der Waals surface area contributed by atoms with Gasteiger partial charge in [0.15, 0.2) is 0 Å². The zero-order valence-corrected chi connectivity index (χ0v) is 17.6. The molecule has 0 atom stereocenters. The van der Waals surface area contributed by atoms with Crippen molar-refractivity contribution in [2.75, 3.05) is 4.90 Å². The predicted octanol–water partition coefficient (Wildman–Crippen LogP) is 5.20. The molecule has 0 radical (unpaired) electrons. The van der Waals surface area contributed by atoms with Gasteiger partial charge in [0, 0.05) is 11.9 Å². The molecule has 0 spiro atoms. The van der Waals surface area contributed by atoms with E-state index in [1.165, 1.54) is 0 Å². The number of nitrogens with zero attached hydrogens (tertiary/aromatic N) is 4. The van der Waals surface area contributed by atoms with Gasteiger partial charge in [-0.05, 0) is 36.6 Å². The molecule has 4 nitrogen and oxygen atoms in total. The molecule has 4 rings (SSSR count). The summed E-state index contributed by atoms with van der Waals surface area (Å²) >= 11 is 0. The van der Waals surface area contributed by atoms with E-state index in [0.29, 0.717) is 0 Å². The average Bonchev–Trinajstić information content (AvgIpc) is 3.19. The molecule has 0 aliphatic heterocycles. The zero-order chi connectivity index (χ0) is 18.6. The fourth-order valence-corrected chi connectivity index (χ4v) is 2.87. The van der Waals surface area contributed by atoms with Crippen molar-refractivity contribution >= 4 is 11.5 Å². The van der Waals surface area contributed by atoms with Crippen LogP contribution in [0.4, 0.5) is 11.5 Å². The number of hydrogen-bond acceptors (Lipinski definition) is 3. The summed E-state index contributed by atoms with van der Waals surface area (Å²) in [5, 5.41) is 0. The van der Waals surface area contributed by atoms with Crippen molar-refractivity contribution in [3.05, 3.63) is 104 Å². The van der Waals surface area contributed by atoms with Gasteiger partial charge in [-0.3, -0.25) is 9.97 Å². The molecule has 0 bridgehead atoms. The van der Waals surface area contributed by atoms with Crippen LogP contribution < -0.4 is 4.90 Å². The van der Waals surface area contributed by atoms with E-state index in [1.807, 2.05) is 89.3 Å². The Kier molecular flexibility index (Phi) is 6.22. The molecule has 0 fully saturated rings. The standard InChI is InChI=1S/C23H18N4.Pt/c1-18(2)27(20-14-16-26(17-20)22-12-6-7-15-24-22)23-13-8-11-21(25-23)19-9-4-3-5-10-19;/h3-9,11-16H,1H2,2H3;/q-2;+2. The number of aromatic nitrogens is 3. The van der Waals surface area contributed by atoms with E-state index in [-0.39, 0.29) is 21.1 Å². The van der Waals surface area contributed by atoms with Crippen LogP contribution in [-0.2, 0) is 21.1 Å². The van der Waals surface area contributed by atoms with E-state index in [2.05, 4.69) is 23.8 Å². The van der Waals surface area contributed by atoms with Crippen molar-refractivity contribution in [1.29, 1.82) is 0 Å². The van der Waals surface area contributed by atoms with Crippen LogP contribution in [0, 0.1) is 12.3 Å². The largest absolute Gasteiger partial charge is 2.00 e. The Balaban J connectivity index is 0.00000225. The van der Waals surface area contributed by atoms with Crippen molar-refractivity contribution in [1.82, 2.24) is 14.5 Å². The first kappa shape index (κ1) is 19.8. The van der Waals surface area contributed by atoms with Gasteiger partial charge in [-0.1, -0.05) is 30.8 Å². The SMILES string of the molecule is C=C(C)N(c1[c-]n(-c2ccccn2)cc1)c1cccc(-c2[c-]cccc2)n1.[Pt+2]. The van der Waals surface area contributed by atoms with Gasteiger partial charge in [-0.15, -0.1) is 48.2 Å². The first-order chi connectivity index (χ1) is 13.2. The van der Waals surface area contributed by atoms with Gasteiger partial charge in [0.05, 0.1) is 5.82 Å². The quantitative estimate of drug-likeness (QED) is 0.323. The van der Waals surface area contributed by atoms with Crippen molar-refractivity contribution in [3.63, 3.8) is 0 Å². The van der Waals surface area contributed by atoms with Crippen LogP contribution in [0.2, 0.25) is 0 Å². The van der Waals surface area contributed by atoms with E-state index < -0.39 is 0 Å². The molecule has 140 valence electrons. The van der Waals surface area contributed by atoms with Crippen molar-refractivity contribution in [2.24, 2.45) is 0 Å². The Bertz CT molecular complexity index is 1060. The Morgan fingerprint density at radius 2 is 1.89 bits per heavy atom. The number of benzene rings is 1. The van der Waals surface area contributed by atoms with Gasteiger partial charge in [0.25, 0.3) is 0 Å². The molecule has 3 aromatic heterocycles. The second-order valence-electron chi connectivity index (χ2n) is 6.10. The molecule has 0 unspecified atom stereocenters. The molecule has 1 aromatic carbocycles. The molecule has 0 saturated heterocycles. The third-order valence-electron chi connectivity index (χ3n) is 4.08. The number of allylic oxidation sites excluding steroid dienone is 1. The van der Waals surface area contributed by atoms with Crippen LogP contribution >= 0.6 is 0 Å². The summed E-state index contributed by atoms with van der Waals surface area (Å²) in [4.78, 5) is 11.2. The topological polar surface area (TPSA) is 34.0 Å². The van der Waals surface area contributed by atoms with E-state index in [9.17, 15) is 0 Å². The molecule has 0 N–H and O–H groups in total. The number of rotatable bonds is 5. The summed E-state index contributed by atoms with van der Waals surface area (Å²) in [6.07, 6.45) is 7.04. The van der Waals surface area contributed by atoms with Gasteiger partial charge in [0.1, 0.15) is 5.82 Å². The Morgan fingerprint density at radius 1 is 1.04 bits per heavy atom. The molecule has 4 aromatic rings. The average molecular weight is 546 g/mol. The second-order valence-corrected chi connectivity index (χ2v) is 6.10. The Labute approximate surface area is 179 Å². The Morgan fingerprint density at radius 3 is 2.61 bits per heavy atom. The molecule has 0 aliphatic rings. The third-order valence-corrected chi connectivity index (χ3v) is 4.08. The summed E-state index contributed by atoms with van der Waals surface area (Å²) < 4.78 is 1.86. The first-order valence-corrected chi connectivity index (χ1v) is 8.64. The minimum Gasteiger partial charge on any atom is -0.434 e. The van der Waals surface area contributed by atoms with Gasteiger partial charge < -0.3 is 9.47 Å². The van der Waals surface area contributed by atoms with E-state index in [1.54, 1.807) is 6.20 Å². The molecule has 28 heavy (non-hydrogen) atoms. The molecule has 0 saturated carbocycles. The minimum atomic E-state index is 0. The predicted molar refractivity (Wildman–Crippen MR) is 108 cm³/mol. The van der Waals surface area contributed by atoms with Gasteiger partial charge >= 0.3 is 21.1 Å². The molecule has 0 amide bonds. The van der Waals surface area contributed by atoms with Crippen LogP contribution in [0.5, 0.6) is 0 Å². The number of anilines is 2. The monoisotopic (exact) mass is 545 g/mol. The maximum atomic E-state index is 4.81.